The Kier molecular flexibility index (Phi) is 3.43. The van der Waals surface area contributed by atoms with Crippen LogP contribution >= 0.6 is 0 Å². The van der Waals surface area contributed by atoms with Gasteiger partial charge >= 0.3 is 0 Å². The number of aryl methyl sites for hydroxylation is 2. The first kappa shape index (κ1) is 13.4. The van der Waals surface area contributed by atoms with Crippen LogP contribution in [0.1, 0.15) is 18.3 Å². The molecule has 6 nitrogen and oxygen atoms in total. The molecule has 0 saturated heterocycles. The van der Waals surface area contributed by atoms with Crippen molar-refractivity contribution in [3.63, 3.8) is 0 Å². The standard InChI is InChI=1S/C15H17N5O/c1-3-12-13(10-19(2)18-12)16-9-11-8-15(21)20-7-5-4-6-14(20)17-11/h4-8,10,16H,3,9H2,1-2H3. The Morgan fingerprint density at radius 3 is 3.00 bits per heavy atom. The number of aromatic nitrogens is 4. The molecule has 21 heavy (non-hydrogen) atoms. The summed E-state index contributed by atoms with van der Waals surface area (Å²) in [5.74, 6) is 0. The Balaban J connectivity index is 1.86. The molecule has 0 atom stereocenters. The first-order valence-corrected chi connectivity index (χ1v) is 6.91. The van der Waals surface area contributed by atoms with E-state index in [2.05, 4.69) is 22.3 Å². The van der Waals surface area contributed by atoms with E-state index in [1.165, 1.54) is 4.40 Å². The molecular weight excluding hydrogens is 266 g/mol. The Labute approximate surface area is 122 Å². The fourth-order valence-corrected chi connectivity index (χ4v) is 2.32. The molecule has 0 bridgehead atoms. The first-order chi connectivity index (χ1) is 10.2. The van der Waals surface area contributed by atoms with E-state index in [1.807, 2.05) is 31.4 Å². The predicted molar refractivity (Wildman–Crippen MR) is 81.4 cm³/mol. The highest BCUT2D eigenvalue weighted by Crippen LogP contribution is 2.14. The third kappa shape index (κ3) is 2.65. The fourth-order valence-electron chi connectivity index (χ4n) is 2.32. The summed E-state index contributed by atoms with van der Waals surface area (Å²) in [6, 6.07) is 7.07. The van der Waals surface area contributed by atoms with Gasteiger partial charge in [0, 0.05) is 25.5 Å². The normalized spacial score (nSPS) is 11.0. The minimum Gasteiger partial charge on any atom is -0.377 e. The molecule has 0 amide bonds. The van der Waals surface area contributed by atoms with Gasteiger partial charge in [0.1, 0.15) is 5.65 Å². The van der Waals surface area contributed by atoms with Gasteiger partial charge in [-0.2, -0.15) is 5.10 Å². The number of hydrogen-bond donors (Lipinski definition) is 1. The molecule has 6 heteroatoms. The van der Waals surface area contributed by atoms with Gasteiger partial charge in [0.2, 0.25) is 0 Å². The van der Waals surface area contributed by atoms with Crippen molar-refractivity contribution in [1.29, 1.82) is 0 Å². The van der Waals surface area contributed by atoms with Crippen LogP contribution in [0.4, 0.5) is 5.69 Å². The molecule has 0 unspecified atom stereocenters. The predicted octanol–water partition coefficient (Wildman–Crippen LogP) is 1.60. The summed E-state index contributed by atoms with van der Waals surface area (Å²) in [7, 11) is 1.89. The van der Waals surface area contributed by atoms with Gasteiger partial charge in [-0.3, -0.25) is 13.9 Å². The number of fused-ring (bicyclic) bond motifs is 1. The van der Waals surface area contributed by atoms with Crippen molar-refractivity contribution in [2.45, 2.75) is 19.9 Å². The van der Waals surface area contributed by atoms with Gasteiger partial charge in [0.25, 0.3) is 5.56 Å². The average Bonchev–Trinajstić information content (AvgIpc) is 2.85. The highest BCUT2D eigenvalue weighted by atomic mass is 16.1. The Hall–Kier alpha value is -2.63. The van der Waals surface area contributed by atoms with E-state index < -0.39 is 0 Å². The van der Waals surface area contributed by atoms with Gasteiger partial charge in [-0.15, -0.1) is 0 Å². The van der Waals surface area contributed by atoms with E-state index in [4.69, 9.17) is 0 Å². The Morgan fingerprint density at radius 1 is 1.33 bits per heavy atom. The third-order valence-corrected chi connectivity index (χ3v) is 3.32. The summed E-state index contributed by atoms with van der Waals surface area (Å²) >= 11 is 0. The van der Waals surface area contributed by atoms with E-state index in [0.29, 0.717) is 12.2 Å². The van der Waals surface area contributed by atoms with Crippen LogP contribution in [0, 0.1) is 0 Å². The maximum absolute atomic E-state index is 12.0. The summed E-state index contributed by atoms with van der Waals surface area (Å²) in [4.78, 5) is 16.5. The second-order valence-corrected chi connectivity index (χ2v) is 4.88. The molecule has 0 saturated carbocycles. The van der Waals surface area contributed by atoms with Gasteiger partial charge < -0.3 is 5.32 Å². The summed E-state index contributed by atoms with van der Waals surface area (Å²) < 4.78 is 3.31. The molecule has 0 aromatic carbocycles. The summed E-state index contributed by atoms with van der Waals surface area (Å²) in [6.45, 7) is 2.56. The van der Waals surface area contributed by atoms with Crippen LogP contribution in [-0.2, 0) is 20.0 Å². The van der Waals surface area contributed by atoms with Crippen molar-refractivity contribution in [3.05, 3.63) is 58.4 Å². The zero-order valence-corrected chi connectivity index (χ0v) is 12.1. The van der Waals surface area contributed by atoms with E-state index >= 15 is 0 Å². The molecule has 3 heterocycles. The molecule has 0 aliphatic carbocycles. The minimum absolute atomic E-state index is 0.0701. The van der Waals surface area contributed by atoms with Crippen LogP contribution in [0.3, 0.4) is 0 Å². The number of hydrogen-bond acceptors (Lipinski definition) is 4. The zero-order chi connectivity index (χ0) is 14.8. The number of nitrogens with one attached hydrogen (secondary N) is 1. The molecule has 0 aliphatic heterocycles. The summed E-state index contributed by atoms with van der Waals surface area (Å²) in [6.07, 6.45) is 4.52. The van der Waals surface area contributed by atoms with Crippen molar-refractivity contribution < 1.29 is 0 Å². The highest BCUT2D eigenvalue weighted by molar-refractivity contribution is 5.47. The van der Waals surface area contributed by atoms with E-state index in [1.54, 1.807) is 16.9 Å². The number of anilines is 1. The van der Waals surface area contributed by atoms with Gasteiger partial charge in [0.05, 0.1) is 23.6 Å². The Bertz CT molecular complexity index is 833. The molecule has 3 aromatic rings. The Morgan fingerprint density at radius 2 is 2.19 bits per heavy atom. The van der Waals surface area contributed by atoms with Gasteiger partial charge in [-0.05, 0) is 18.6 Å². The fraction of sp³-hybridized carbons (Fsp3) is 0.267. The molecule has 0 spiro atoms. The maximum Gasteiger partial charge on any atom is 0.258 e. The molecular formula is C15H17N5O. The van der Waals surface area contributed by atoms with Gasteiger partial charge in [-0.25, -0.2) is 4.98 Å². The smallest absolute Gasteiger partial charge is 0.258 e. The molecule has 3 aromatic heterocycles. The van der Waals surface area contributed by atoms with Crippen molar-refractivity contribution in [2.75, 3.05) is 5.32 Å². The van der Waals surface area contributed by atoms with E-state index in [9.17, 15) is 4.79 Å². The van der Waals surface area contributed by atoms with Crippen LogP contribution < -0.4 is 10.9 Å². The first-order valence-electron chi connectivity index (χ1n) is 6.91. The molecule has 3 rings (SSSR count). The second-order valence-electron chi connectivity index (χ2n) is 4.88. The summed E-state index contributed by atoms with van der Waals surface area (Å²) in [5, 5.41) is 7.68. The monoisotopic (exact) mass is 283 g/mol. The van der Waals surface area contributed by atoms with Crippen LogP contribution in [0.2, 0.25) is 0 Å². The van der Waals surface area contributed by atoms with Crippen LogP contribution in [-0.4, -0.2) is 19.2 Å². The SMILES string of the molecule is CCc1nn(C)cc1NCc1cc(=O)n2ccccc2n1. The van der Waals surface area contributed by atoms with Crippen LogP contribution in [0.5, 0.6) is 0 Å². The quantitative estimate of drug-likeness (QED) is 0.790. The molecule has 1 N–H and O–H groups in total. The molecule has 0 aliphatic rings. The maximum atomic E-state index is 12.0. The average molecular weight is 283 g/mol. The number of rotatable bonds is 4. The lowest BCUT2D eigenvalue weighted by Gasteiger charge is -2.06. The van der Waals surface area contributed by atoms with Crippen molar-refractivity contribution in [2.24, 2.45) is 7.05 Å². The van der Waals surface area contributed by atoms with Crippen LogP contribution in [0.15, 0.2) is 41.5 Å². The van der Waals surface area contributed by atoms with Crippen molar-refractivity contribution >= 4 is 11.3 Å². The number of pyridine rings is 1. The third-order valence-electron chi connectivity index (χ3n) is 3.32. The lowest BCUT2D eigenvalue weighted by molar-refractivity contribution is 0.746. The van der Waals surface area contributed by atoms with Crippen molar-refractivity contribution in [1.82, 2.24) is 19.2 Å². The van der Waals surface area contributed by atoms with Gasteiger partial charge in [0.15, 0.2) is 0 Å². The van der Waals surface area contributed by atoms with Gasteiger partial charge in [-0.1, -0.05) is 13.0 Å². The lowest BCUT2D eigenvalue weighted by Crippen LogP contribution is -2.16. The summed E-state index contributed by atoms with van der Waals surface area (Å²) in [5.41, 5.74) is 3.30. The largest absolute Gasteiger partial charge is 0.377 e. The van der Waals surface area contributed by atoms with E-state index in [0.717, 1.165) is 23.5 Å². The van der Waals surface area contributed by atoms with Crippen molar-refractivity contribution in [3.8, 4) is 0 Å². The zero-order valence-electron chi connectivity index (χ0n) is 12.1. The second kappa shape index (κ2) is 5.40. The molecule has 108 valence electrons. The molecule has 0 fully saturated rings. The topological polar surface area (TPSA) is 64.2 Å². The molecule has 0 radical (unpaired) electrons. The number of nitrogens with zero attached hydrogens (tertiary/aromatic N) is 4. The lowest BCUT2D eigenvalue weighted by atomic mass is 10.3. The highest BCUT2D eigenvalue weighted by Gasteiger charge is 2.07. The minimum atomic E-state index is -0.0701. The van der Waals surface area contributed by atoms with E-state index in [-0.39, 0.29) is 5.56 Å². The van der Waals surface area contributed by atoms with Crippen LogP contribution in [0.25, 0.3) is 5.65 Å².